The number of anilines is 1. The molecule has 3 rings (SSSR count). The van der Waals surface area contributed by atoms with Gasteiger partial charge in [-0.3, -0.25) is 4.79 Å². The molecular weight excluding hydrogens is 309 g/mol. The van der Waals surface area contributed by atoms with Crippen LogP contribution in [0.1, 0.15) is 17.7 Å². The van der Waals surface area contributed by atoms with Crippen LogP contribution in [0, 0.1) is 19.7 Å². The van der Waals surface area contributed by atoms with Crippen molar-refractivity contribution in [3.8, 4) is 0 Å². The molecule has 3 N–H and O–H groups in total. The molecule has 0 bridgehead atoms. The van der Waals surface area contributed by atoms with Crippen LogP contribution in [0.2, 0.25) is 0 Å². The Hall–Kier alpha value is -2.34. The van der Waals surface area contributed by atoms with E-state index < -0.39 is 6.10 Å². The third-order valence-electron chi connectivity index (χ3n) is 4.66. The van der Waals surface area contributed by atoms with Crippen LogP contribution in [0.15, 0.2) is 24.8 Å². The van der Waals surface area contributed by atoms with E-state index in [4.69, 9.17) is 0 Å². The molecule has 5 nitrogen and oxygen atoms in total. The molecule has 1 aliphatic rings. The highest BCUT2D eigenvalue weighted by molar-refractivity contribution is 5.96. The number of β-amino-alcohol motifs (C(OH)–C–C–N with tert-alkyl or cyclic N) is 1. The van der Waals surface area contributed by atoms with E-state index in [0.717, 1.165) is 22.2 Å². The lowest BCUT2D eigenvalue weighted by Crippen LogP contribution is -2.52. The van der Waals surface area contributed by atoms with Gasteiger partial charge in [0.25, 0.3) is 0 Å². The van der Waals surface area contributed by atoms with Gasteiger partial charge in [0.1, 0.15) is 5.82 Å². The van der Waals surface area contributed by atoms with Crippen molar-refractivity contribution < 1.29 is 14.3 Å². The van der Waals surface area contributed by atoms with Crippen LogP contribution in [0.5, 0.6) is 0 Å². The zero-order valence-corrected chi connectivity index (χ0v) is 13.9. The van der Waals surface area contributed by atoms with Crippen molar-refractivity contribution in [1.29, 1.82) is 0 Å². The molecule has 1 aromatic carbocycles. The first-order chi connectivity index (χ1) is 11.4. The van der Waals surface area contributed by atoms with Gasteiger partial charge in [0.05, 0.1) is 11.8 Å². The summed E-state index contributed by atoms with van der Waals surface area (Å²) in [4.78, 5) is 16.6. The number of piperidine rings is 1. The minimum absolute atomic E-state index is 0.255. The van der Waals surface area contributed by atoms with Crippen molar-refractivity contribution >= 4 is 22.5 Å². The van der Waals surface area contributed by atoms with Gasteiger partial charge in [0, 0.05) is 35.7 Å². The molecule has 1 aromatic heterocycles. The molecule has 0 spiro atoms. The van der Waals surface area contributed by atoms with Crippen LogP contribution >= 0.6 is 0 Å². The molecule has 2 heterocycles. The van der Waals surface area contributed by atoms with E-state index in [9.17, 15) is 14.3 Å². The van der Waals surface area contributed by atoms with E-state index in [1.54, 1.807) is 6.07 Å². The second-order valence-electron chi connectivity index (χ2n) is 6.40. The Labute approximate surface area is 140 Å². The topological polar surface area (TPSA) is 68.4 Å². The molecule has 0 saturated carbocycles. The van der Waals surface area contributed by atoms with Gasteiger partial charge in [-0.2, -0.15) is 0 Å². The first kappa shape index (κ1) is 16.5. The van der Waals surface area contributed by atoms with Crippen LogP contribution in [0.4, 0.5) is 10.1 Å². The van der Waals surface area contributed by atoms with Gasteiger partial charge >= 0.3 is 0 Å². The van der Waals surface area contributed by atoms with Gasteiger partial charge in [-0.05, 0) is 44.0 Å². The number of rotatable bonds is 3. The molecule has 2 aromatic rings. The molecule has 0 radical (unpaired) electrons. The average Bonchev–Trinajstić information content (AvgIpc) is 2.82. The summed E-state index contributed by atoms with van der Waals surface area (Å²) >= 11 is 0. The fourth-order valence-corrected chi connectivity index (χ4v) is 3.46. The highest BCUT2D eigenvalue weighted by Crippen LogP contribution is 2.35. The Bertz CT molecular complexity index is 799. The largest absolute Gasteiger partial charge is 0.391 e. The third kappa shape index (κ3) is 2.89. The van der Waals surface area contributed by atoms with Gasteiger partial charge < -0.3 is 20.3 Å². The Morgan fingerprint density at radius 2 is 2.21 bits per heavy atom. The second kappa shape index (κ2) is 6.28. The first-order valence-electron chi connectivity index (χ1n) is 8.04. The standard InChI is InChI=1S/C18H22FN3O2/c1-4-16(24)21-12-7-13(23)9-22(8-12)18-14(19)5-6-15-17(18)10(2)11(3)20-15/h4-6,12-13,20,23H,1,7-9H2,2-3H3,(H,21,24)/t12-,13-/m0/s1. The SMILES string of the molecule is C=CC(=O)N[C@H]1C[C@H](O)CN(c2c(F)ccc3[nH]c(C)c(C)c23)C1. The normalized spacial score (nSPS) is 21.1. The summed E-state index contributed by atoms with van der Waals surface area (Å²) < 4.78 is 14.6. The van der Waals surface area contributed by atoms with Crippen LogP contribution in [0.3, 0.4) is 0 Å². The number of aryl methyl sites for hydroxylation is 2. The van der Waals surface area contributed by atoms with Crippen LogP contribution in [-0.2, 0) is 4.79 Å². The van der Waals surface area contributed by atoms with Gasteiger partial charge in [0.2, 0.25) is 5.91 Å². The molecule has 1 aliphatic heterocycles. The highest BCUT2D eigenvalue weighted by Gasteiger charge is 2.30. The van der Waals surface area contributed by atoms with Gasteiger partial charge in [-0.25, -0.2) is 4.39 Å². The van der Waals surface area contributed by atoms with Crippen molar-refractivity contribution in [2.24, 2.45) is 0 Å². The number of amides is 1. The smallest absolute Gasteiger partial charge is 0.243 e. The number of carbonyl (C=O) groups excluding carboxylic acids is 1. The van der Waals surface area contributed by atoms with E-state index in [1.807, 2.05) is 18.7 Å². The average molecular weight is 331 g/mol. The molecule has 1 saturated heterocycles. The number of aromatic amines is 1. The number of benzene rings is 1. The van der Waals surface area contributed by atoms with E-state index in [1.165, 1.54) is 12.1 Å². The number of H-pyrrole nitrogens is 1. The Kier molecular flexibility index (Phi) is 4.32. The summed E-state index contributed by atoms with van der Waals surface area (Å²) in [5.74, 6) is -0.617. The number of aromatic nitrogens is 1. The predicted molar refractivity (Wildman–Crippen MR) is 92.7 cm³/mol. The maximum atomic E-state index is 14.6. The molecule has 6 heteroatoms. The number of aliphatic hydroxyl groups is 1. The van der Waals surface area contributed by atoms with Gasteiger partial charge in [-0.1, -0.05) is 6.58 Å². The quantitative estimate of drug-likeness (QED) is 0.755. The fourth-order valence-electron chi connectivity index (χ4n) is 3.46. The van der Waals surface area contributed by atoms with Crippen molar-refractivity contribution in [1.82, 2.24) is 10.3 Å². The fraction of sp³-hybridized carbons (Fsp3) is 0.389. The monoisotopic (exact) mass is 331 g/mol. The highest BCUT2D eigenvalue weighted by atomic mass is 19.1. The van der Waals surface area contributed by atoms with Crippen molar-refractivity contribution in [3.05, 3.63) is 41.9 Å². The number of hydrogen-bond donors (Lipinski definition) is 3. The van der Waals surface area contributed by atoms with Gasteiger partial charge in [0.15, 0.2) is 0 Å². The summed E-state index contributed by atoms with van der Waals surface area (Å²) in [7, 11) is 0. The van der Waals surface area contributed by atoms with Crippen molar-refractivity contribution in [3.63, 3.8) is 0 Å². The van der Waals surface area contributed by atoms with E-state index >= 15 is 0 Å². The summed E-state index contributed by atoms with van der Waals surface area (Å²) in [5.41, 5.74) is 3.33. The van der Waals surface area contributed by atoms with E-state index in [-0.39, 0.29) is 17.8 Å². The number of hydrogen-bond acceptors (Lipinski definition) is 3. The maximum absolute atomic E-state index is 14.6. The molecule has 2 atom stereocenters. The zero-order chi connectivity index (χ0) is 17.4. The molecule has 1 amide bonds. The van der Waals surface area contributed by atoms with E-state index in [0.29, 0.717) is 25.2 Å². The molecule has 0 unspecified atom stereocenters. The Balaban J connectivity index is 2.01. The summed E-state index contributed by atoms with van der Waals surface area (Å²) in [6, 6.07) is 2.91. The third-order valence-corrected chi connectivity index (χ3v) is 4.66. The van der Waals surface area contributed by atoms with Crippen LogP contribution in [0.25, 0.3) is 10.9 Å². The second-order valence-corrected chi connectivity index (χ2v) is 6.40. The lowest BCUT2D eigenvalue weighted by atomic mass is 10.0. The number of fused-ring (bicyclic) bond motifs is 1. The van der Waals surface area contributed by atoms with Crippen LogP contribution < -0.4 is 10.2 Å². The van der Waals surface area contributed by atoms with Gasteiger partial charge in [-0.15, -0.1) is 0 Å². The van der Waals surface area contributed by atoms with Crippen molar-refractivity contribution in [2.45, 2.75) is 32.4 Å². The van der Waals surface area contributed by atoms with E-state index in [2.05, 4.69) is 16.9 Å². The molecule has 24 heavy (non-hydrogen) atoms. The number of carbonyl (C=O) groups is 1. The number of nitrogens with one attached hydrogen (secondary N) is 2. The summed E-state index contributed by atoms with van der Waals surface area (Å²) in [6.07, 6.45) is 1.01. The van der Waals surface area contributed by atoms with Crippen LogP contribution in [-0.4, -0.2) is 41.2 Å². The minimum Gasteiger partial charge on any atom is -0.391 e. The number of aliphatic hydroxyl groups excluding tert-OH is 1. The molecule has 0 aliphatic carbocycles. The zero-order valence-electron chi connectivity index (χ0n) is 13.9. The number of halogens is 1. The molecule has 1 fully saturated rings. The number of nitrogens with zero attached hydrogens (tertiary/aromatic N) is 1. The van der Waals surface area contributed by atoms with Crippen molar-refractivity contribution in [2.75, 3.05) is 18.0 Å². The molecule has 128 valence electrons. The first-order valence-corrected chi connectivity index (χ1v) is 8.04. The Morgan fingerprint density at radius 3 is 2.92 bits per heavy atom. The lowest BCUT2D eigenvalue weighted by Gasteiger charge is -2.37. The summed E-state index contributed by atoms with van der Waals surface area (Å²) in [6.45, 7) is 8.12. The summed E-state index contributed by atoms with van der Waals surface area (Å²) in [5, 5.41) is 13.8. The predicted octanol–water partition coefficient (Wildman–Crippen LogP) is 2.17. The minimum atomic E-state index is -0.635. The maximum Gasteiger partial charge on any atom is 0.243 e. The lowest BCUT2D eigenvalue weighted by molar-refractivity contribution is -0.117. The molecular formula is C18H22FN3O2. The Morgan fingerprint density at radius 1 is 1.46 bits per heavy atom.